The van der Waals surface area contributed by atoms with E-state index in [4.69, 9.17) is 28.4 Å². The van der Waals surface area contributed by atoms with Gasteiger partial charge in [0.05, 0.1) is 40.6 Å². The number of nitrogens with zero attached hydrogens (tertiary/aromatic N) is 4. The van der Waals surface area contributed by atoms with Gasteiger partial charge in [0.1, 0.15) is 46.2 Å². The molecule has 0 N–H and O–H groups in total. The number of carbonyl (C=O) groups excluding carboxylic acids is 8. The summed E-state index contributed by atoms with van der Waals surface area (Å²) in [4.78, 5) is 132. The molecular formula is C53H60N4O18. The monoisotopic (exact) mass is 1040 g/mol. The molecule has 400 valence electrons. The molecule has 4 aromatic carbocycles. The number of esters is 5. The van der Waals surface area contributed by atoms with Crippen molar-refractivity contribution in [2.45, 2.75) is 111 Å². The number of carbonyl (C=O) groups is 8. The minimum Gasteiger partial charge on any atom is -0.460 e. The van der Waals surface area contributed by atoms with E-state index >= 15 is 0 Å². The van der Waals surface area contributed by atoms with E-state index in [0.29, 0.717) is 0 Å². The number of nitro groups is 2. The fraction of sp³-hybridized carbons (Fsp3) is 0.396. The van der Waals surface area contributed by atoms with E-state index in [-0.39, 0.29) is 64.9 Å². The molecule has 0 aliphatic heterocycles. The number of non-ortho nitro benzene ring substituents is 2. The highest BCUT2D eigenvalue weighted by Gasteiger charge is 2.38. The van der Waals surface area contributed by atoms with Crippen LogP contribution in [0.4, 0.5) is 11.4 Å². The van der Waals surface area contributed by atoms with Crippen LogP contribution in [-0.4, -0.2) is 122 Å². The van der Waals surface area contributed by atoms with Gasteiger partial charge in [0, 0.05) is 54.9 Å². The van der Waals surface area contributed by atoms with Crippen LogP contribution >= 0.6 is 0 Å². The predicted molar refractivity (Wildman–Crippen MR) is 267 cm³/mol. The van der Waals surface area contributed by atoms with Gasteiger partial charge in [0.15, 0.2) is 0 Å². The van der Waals surface area contributed by atoms with Crippen LogP contribution in [0.15, 0.2) is 97.1 Å². The SMILES string of the molecule is CC(=O)C[C@@H](C(=O)OC(C)(C)C)N(CCOCCN(C(=O)c1cccc(OC(=O)c2ccc([N+](=O)[O-])cc2)c1)[C@@H](CC(=O)OC(C)(C)C)C(=O)OC(C)(C)C)C(=O)c1cccc(OC(=O)c2ccc([N+](=O)[O-])cc2)c1. The van der Waals surface area contributed by atoms with E-state index in [9.17, 15) is 58.6 Å². The standard InChI is InChI=1S/C53H60N4O18/c1-33(58)29-42(49(64)74-52(5,6)7)54(45(60)36-13-11-15-40(30-36)71-47(62)34-17-21-38(22-18-34)56(66)67)25-27-70-28-26-55(43(50(65)75-53(8,9)10)32-44(59)73-51(2,3)4)46(61)37-14-12-16-41(31-37)72-48(63)35-19-23-39(24-20-35)57(68)69/h11-24,30-31,42-43H,25-29,32H2,1-10H3/t42-,43-/m0/s1. The number of hydrogen-bond donors (Lipinski definition) is 0. The largest absolute Gasteiger partial charge is 0.460 e. The zero-order valence-electron chi connectivity index (χ0n) is 43.3. The lowest BCUT2D eigenvalue weighted by Gasteiger charge is -2.33. The van der Waals surface area contributed by atoms with Gasteiger partial charge in [0.25, 0.3) is 23.2 Å². The molecule has 0 aliphatic rings. The van der Waals surface area contributed by atoms with Gasteiger partial charge in [-0.15, -0.1) is 0 Å². The lowest BCUT2D eigenvalue weighted by Crippen LogP contribution is -2.51. The van der Waals surface area contributed by atoms with Crippen molar-refractivity contribution in [3.05, 3.63) is 140 Å². The van der Waals surface area contributed by atoms with E-state index in [2.05, 4.69) is 0 Å². The molecule has 0 saturated carbocycles. The van der Waals surface area contributed by atoms with Gasteiger partial charge in [-0.3, -0.25) is 39.4 Å². The van der Waals surface area contributed by atoms with Crippen molar-refractivity contribution in [3.8, 4) is 11.5 Å². The molecule has 0 unspecified atom stereocenters. The van der Waals surface area contributed by atoms with E-state index in [0.717, 1.165) is 34.1 Å². The summed E-state index contributed by atoms with van der Waals surface area (Å²) in [6.07, 6.45) is -1.16. The summed E-state index contributed by atoms with van der Waals surface area (Å²) in [5.41, 5.74) is -3.95. The Balaban J connectivity index is 1.67. The summed E-state index contributed by atoms with van der Waals surface area (Å²) < 4.78 is 33.8. The Labute approximate surface area is 432 Å². The molecule has 0 saturated heterocycles. The Morgan fingerprint density at radius 2 is 0.867 bits per heavy atom. The topological polar surface area (TPSA) is 285 Å². The number of hydrogen-bond acceptors (Lipinski definition) is 18. The van der Waals surface area contributed by atoms with Gasteiger partial charge in [0.2, 0.25) is 0 Å². The summed E-state index contributed by atoms with van der Waals surface area (Å²) in [5.74, 6) is -6.96. The van der Waals surface area contributed by atoms with Gasteiger partial charge >= 0.3 is 29.8 Å². The van der Waals surface area contributed by atoms with E-state index in [1.54, 1.807) is 62.3 Å². The van der Waals surface area contributed by atoms with Crippen molar-refractivity contribution >= 4 is 58.8 Å². The van der Waals surface area contributed by atoms with Crippen LogP contribution in [0.1, 0.15) is 124 Å². The maximum absolute atomic E-state index is 14.7. The lowest BCUT2D eigenvalue weighted by atomic mass is 10.1. The molecule has 22 nitrogen and oxygen atoms in total. The molecule has 0 fully saturated rings. The van der Waals surface area contributed by atoms with Crippen LogP contribution in [0.25, 0.3) is 0 Å². The summed E-state index contributed by atoms with van der Waals surface area (Å²) in [6.45, 7) is 14.1. The first-order valence-electron chi connectivity index (χ1n) is 23.4. The van der Waals surface area contributed by atoms with Crippen LogP contribution in [0, 0.1) is 20.2 Å². The first-order chi connectivity index (χ1) is 34.9. The van der Waals surface area contributed by atoms with Crippen LogP contribution in [0.3, 0.4) is 0 Å². The van der Waals surface area contributed by atoms with Crippen molar-refractivity contribution in [3.63, 3.8) is 0 Å². The molecule has 0 bridgehead atoms. The van der Waals surface area contributed by atoms with Gasteiger partial charge in [-0.2, -0.15) is 0 Å². The minimum atomic E-state index is -1.63. The summed E-state index contributed by atoms with van der Waals surface area (Å²) in [7, 11) is 0. The van der Waals surface area contributed by atoms with Crippen molar-refractivity contribution in [1.82, 2.24) is 9.80 Å². The Hall–Kier alpha value is -8.40. The van der Waals surface area contributed by atoms with E-state index in [1.165, 1.54) is 79.7 Å². The zero-order chi connectivity index (χ0) is 56.0. The number of ether oxygens (including phenoxy) is 6. The fourth-order valence-electron chi connectivity index (χ4n) is 6.91. The second kappa shape index (κ2) is 25.5. The minimum absolute atomic E-state index is 0.0269. The van der Waals surface area contributed by atoms with Crippen LogP contribution < -0.4 is 9.47 Å². The Morgan fingerprint density at radius 1 is 0.507 bits per heavy atom. The quantitative estimate of drug-likeness (QED) is 0.0182. The van der Waals surface area contributed by atoms with Crippen LogP contribution in [-0.2, 0) is 38.1 Å². The van der Waals surface area contributed by atoms with Crippen molar-refractivity contribution in [2.75, 3.05) is 26.3 Å². The third-order valence-electron chi connectivity index (χ3n) is 10.1. The Morgan fingerprint density at radius 3 is 1.20 bits per heavy atom. The summed E-state index contributed by atoms with van der Waals surface area (Å²) in [5, 5.41) is 22.2. The number of amides is 2. The van der Waals surface area contributed by atoms with Crippen molar-refractivity contribution < 1.29 is 76.6 Å². The molecule has 0 aromatic heterocycles. The van der Waals surface area contributed by atoms with Gasteiger partial charge < -0.3 is 38.2 Å². The molecule has 2 atom stereocenters. The average Bonchev–Trinajstić information content (AvgIpc) is 3.30. The third-order valence-corrected chi connectivity index (χ3v) is 10.1. The number of Topliss-reactive ketones (excluding diaryl/α,β-unsaturated/α-hetero) is 1. The van der Waals surface area contributed by atoms with Gasteiger partial charge in [-0.05, 0) is 130 Å². The summed E-state index contributed by atoms with van der Waals surface area (Å²) >= 11 is 0. The van der Waals surface area contributed by atoms with Crippen LogP contribution in [0.2, 0.25) is 0 Å². The zero-order valence-corrected chi connectivity index (χ0v) is 43.3. The van der Waals surface area contributed by atoms with Crippen molar-refractivity contribution in [2.24, 2.45) is 0 Å². The number of benzene rings is 4. The third kappa shape index (κ3) is 18.9. The average molecular weight is 1040 g/mol. The molecule has 2 amide bonds. The van der Waals surface area contributed by atoms with E-state index < -0.39 is 106 Å². The summed E-state index contributed by atoms with van der Waals surface area (Å²) in [6, 6.07) is 16.8. The van der Waals surface area contributed by atoms with Gasteiger partial charge in [-0.1, -0.05) is 12.1 Å². The molecule has 22 heteroatoms. The van der Waals surface area contributed by atoms with E-state index in [1.807, 2.05) is 0 Å². The van der Waals surface area contributed by atoms with Gasteiger partial charge in [-0.25, -0.2) is 19.2 Å². The molecular weight excluding hydrogens is 981 g/mol. The molecule has 0 spiro atoms. The molecule has 4 rings (SSSR count). The lowest BCUT2D eigenvalue weighted by molar-refractivity contribution is -0.385. The Bertz CT molecular complexity index is 2770. The Kier molecular flexibility index (Phi) is 20.1. The first-order valence-corrected chi connectivity index (χ1v) is 23.4. The normalized spacial score (nSPS) is 12.2. The maximum Gasteiger partial charge on any atom is 0.343 e. The van der Waals surface area contributed by atoms with Crippen LogP contribution in [0.5, 0.6) is 11.5 Å². The highest BCUT2D eigenvalue weighted by molar-refractivity contribution is 6.00. The molecule has 0 aliphatic carbocycles. The highest BCUT2D eigenvalue weighted by atomic mass is 16.6. The predicted octanol–water partition coefficient (Wildman–Crippen LogP) is 7.67. The highest BCUT2D eigenvalue weighted by Crippen LogP contribution is 2.25. The second-order valence-corrected chi connectivity index (χ2v) is 19.8. The first kappa shape index (κ1) is 59.2. The second-order valence-electron chi connectivity index (χ2n) is 19.8. The number of nitro benzene ring substituents is 2. The fourth-order valence-corrected chi connectivity index (χ4v) is 6.91. The molecule has 4 aromatic rings. The smallest absolute Gasteiger partial charge is 0.343 e. The number of ketones is 1. The molecule has 75 heavy (non-hydrogen) atoms. The number of rotatable bonds is 22. The molecule has 0 radical (unpaired) electrons. The molecule has 0 heterocycles. The van der Waals surface area contributed by atoms with Crippen molar-refractivity contribution in [1.29, 1.82) is 0 Å². The maximum atomic E-state index is 14.7.